The molecule has 0 N–H and O–H groups in total. The van der Waals surface area contributed by atoms with Crippen molar-refractivity contribution in [2.75, 3.05) is 6.61 Å². The minimum atomic E-state index is -0.174. The van der Waals surface area contributed by atoms with Crippen LogP contribution < -0.4 is 4.74 Å². The molecule has 74 valence electrons. The number of rotatable bonds is 1. The number of nitrogens with zero attached hydrogens (tertiary/aromatic N) is 1. The van der Waals surface area contributed by atoms with Gasteiger partial charge in [0.2, 0.25) is 0 Å². The Labute approximate surface area is 85.3 Å². The molecule has 1 aliphatic rings. The molecule has 0 fully saturated rings. The summed E-state index contributed by atoms with van der Waals surface area (Å²) in [7, 11) is 2.57. The van der Waals surface area contributed by atoms with Crippen molar-refractivity contribution in [3.05, 3.63) is 29.8 Å². The average molecular weight is 209 g/mol. The molecule has 0 amide bonds. The summed E-state index contributed by atoms with van der Waals surface area (Å²) in [6.07, 6.45) is 0.916. The summed E-state index contributed by atoms with van der Waals surface area (Å²) in [6.45, 7) is 1.15. The molecule has 0 aromatic heterocycles. The minimum absolute atomic E-state index is 0.174. The molecule has 2 unspecified atom stereocenters. The van der Waals surface area contributed by atoms with Crippen LogP contribution in [0.2, 0.25) is 0 Å². The summed E-state index contributed by atoms with van der Waals surface area (Å²) in [5, 5.41) is 0. The van der Waals surface area contributed by atoms with Gasteiger partial charge in [0, 0.05) is 12.1 Å². The van der Waals surface area contributed by atoms with E-state index in [1.54, 1.807) is 0 Å². The summed E-state index contributed by atoms with van der Waals surface area (Å²) < 4.78 is 7.45. The Morgan fingerprint density at radius 3 is 3.07 bits per heavy atom. The first-order valence-electron chi connectivity index (χ1n) is 4.48. The molecule has 0 aliphatic carbocycles. The van der Waals surface area contributed by atoms with E-state index in [2.05, 4.69) is 9.39 Å². The Morgan fingerprint density at radius 1 is 1.50 bits per heavy atom. The third-order valence-electron chi connectivity index (χ3n) is 2.32. The second-order valence-corrected chi connectivity index (χ2v) is 3.96. The summed E-state index contributed by atoms with van der Waals surface area (Å²) in [5.41, 5.74) is 1.12. The Bertz CT molecular complexity index is 343. The van der Waals surface area contributed by atoms with Crippen LogP contribution >= 0.6 is 9.39 Å². The van der Waals surface area contributed by atoms with Crippen molar-refractivity contribution in [3.63, 3.8) is 0 Å². The third-order valence-corrected chi connectivity index (χ3v) is 2.88. The van der Waals surface area contributed by atoms with E-state index in [0.717, 1.165) is 24.1 Å². The summed E-state index contributed by atoms with van der Waals surface area (Å²) >= 11 is 0. The SMILES string of the molecule is O=CC1COc2ccccc2CN1P. The molecule has 1 heterocycles. The molecule has 1 aliphatic heterocycles. The maximum Gasteiger partial charge on any atom is 0.140 e. The molecule has 4 heteroatoms. The van der Waals surface area contributed by atoms with Gasteiger partial charge in [-0.3, -0.25) is 4.67 Å². The zero-order valence-electron chi connectivity index (χ0n) is 7.72. The second kappa shape index (κ2) is 4.07. The van der Waals surface area contributed by atoms with Gasteiger partial charge < -0.3 is 9.53 Å². The lowest BCUT2D eigenvalue weighted by atomic mass is 10.2. The number of aldehydes is 1. The topological polar surface area (TPSA) is 29.5 Å². The van der Waals surface area contributed by atoms with Crippen molar-refractivity contribution in [1.82, 2.24) is 4.67 Å². The van der Waals surface area contributed by atoms with Gasteiger partial charge in [-0.1, -0.05) is 27.6 Å². The van der Waals surface area contributed by atoms with Crippen molar-refractivity contribution < 1.29 is 9.53 Å². The van der Waals surface area contributed by atoms with Crippen molar-refractivity contribution in [1.29, 1.82) is 0 Å². The predicted octanol–water partition coefficient (Wildman–Crippen LogP) is 1.24. The van der Waals surface area contributed by atoms with E-state index in [1.807, 2.05) is 28.9 Å². The van der Waals surface area contributed by atoms with Crippen molar-refractivity contribution in [3.8, 4) is 5.75 Å². The molecule has 2 atom stereocenters. The molecule has 0 saturated heterocycles. The number of carbonyl (C=O) groups excluding carboxylic acids is 1. The first-order valence-corrected chi connectivity index (χ1v) is 5.00. The second-order valence-electron chi connectivity index (χ2n) is 3.29. The van der Waals surface area contributed by atoms with Crippen LogP contribution in [0.1, 0.15) is 5.56 Å². The summed E-state index contributed by atoms with van der Waals surface area (Å²) in [6, 6.07) is 7.68. The molecule has 1 aromatic rings. The lowest BCUT2D eigenvalue weighted by Crippen LogP contribution is -2.31. The molecule has 0 spiro atoms. The van der Waals surface area contributed by atoms with Crippen LogP contribution in [0.5, 0.6) is 5.75 Å². The van der Waals surface area contributed by atoms with E-state index in [0.29, 0.717) is 6.61 Å². The number of ether oxygens (including phenoxy) is 1. The van der Waals surface area contributed by atoms with Gasteiger partial charge in [0.1, 0.15) is 24.7 Å². The maximum atomic E-state index is 10.7. The Morgan fingerprint density at radius 2 is 2.29 bits per heavy atom. The van der Waals surface area contributed by atoms with E-state index < -0.39 is 0 Å². The molecular weight excluding hydrogens is 197 g/mol. The molecule has 0 bridgehead atoms. The Kier molecular flexibility index (Phi) is 2.80. The van der Waals surface area contributed by atoms with E-state index in [-0.39, 0.29) is 6.04 Å². The molecule has 14 heavy (non-hydrogen) atoms. The summed E-state index contributed by atoms with van der Waals surface area (Å²) in [4.78, 5) is 10.7. The summed E-state index contributed by atoms with van der Waals surface area (Å²) in [5.74, 6) is 0.879. The van der Waals surface area contributed by atoms with Gasteiger partial charge in [0.15, 0.2) is 0 Å². The van der Waals surface area contributed by atoms with Crippen LogP contribution in [0.3, 0.4) is 0 Å². The zero-order chi connectivity index (χ0) is 9.97. The van der Waals surface area contributed by atoms with Gasteiger partial charge in [-0.05, 0) is 6.07 Å². The van der Waals surface area contributed by atoms with Crippen LogP contribution in [0.4, 0.5) is 0 Å². The van der Waals surface area contributed by atoms with Crippen LogP contribution in [0.25, 0.3) is 0 Å². The van der Waals surface area contributed by atoms with Crippen LogP contribution in [-0.4, -0.2) is 23.6 Å². The van der Waals surface area contributed by atoms with Gasteiger partial charge in [-0.15, -0.1) is 0 Å². The smallest absolute Gasteiger partial charge is 0.140 e. The van der Waals surface area contributed by atoms with Crippen LogP contribution in [0, 0.1) is 0 Å². The number of hydrogen-bond acceptors (Lipinski definition) is 3. The van der Waals surface area contributed by atoms with Crippen molar-refractivity contribution in [2.24, 2.45) is 0 Å². The highest BCUT2D eigenvalue weighted by molar-refractivity contribution is 7.13. The third kappa shape index (κ3) is 1.79. The number of benzene rings is 1. The van der Waals surface area contributed by atoms with Gasteiger partial charge in [0.25, 0.3) is 0 Å². The maximum absolute atomic E-state index is 10.7. The molecule has 3 nitrogen and oxygen atoms in total. The fourth-order valence-electron chi connectivity index (χ4n) is 1.48. The predicted molar refractivity (Wildman–Crippen MR) is 57.0 cm³/mol. The lowest BCUT2D eigenvalue weighted by molar-refractivity contribution is -0.111. The van der Waals surface area contributed by atoms with E-state index in [9.17, 15) is 4.79 Å². The highest BCUT2D eigenvalue weighted by Crippen LogP contribution is 2.25. The van der Waals surface area contributed by atoms with E-state index in [4.69, 9.17) is 4.74 Å². The number of para-hydroxylation sites is 1. The average Bonchev–Trinajstić information content (AvgIpc) is 2.36. The standard InChI is InChI=1S/C10H12NO2P/c12-6-9-7-13-10-4-2-1-3-8(10)5-11(9)14/h1-4,6,9H,5,7,14H2. The molecule has 2 rings (SSSR count). The van der Waals surface area contributed by atoms with Gasteiger partial charge in [-0.25, -0.2) is 0 Å². The Hall–Kier alpha value is -0.920. The van der Waals surface area contributed by atoms with Crippen molar-refractivity contribution in [2.45, 2.75) is 12.6 Å². The van der Waals surface area contributed by atoms with E-state index in [1.165, 1.54) is 0 Å². The monoisotopic (exact) mass is 209 g/mol. The zero-order valence-corrected chi connectivity index (χ0v) is 8.87. The molecule has 1 aromatic carbocycles. The normalized spacial score (nSPS) is 21.9. The van der Waals surface area contributed by atoms with Gasteiger partial charge in [0.05, 0.1) is 0 Å². The van der Waals surface area contributed by atoms with E-state index >= 15 is 0 Å². The number of hydrogen-bond donors (Lipinski definition) is 0. The molecule has 0 radical (unpaired) electrons. The fourth-order valence-corrected chi connectivity index (χ4v) is 1.83. The van der Waals surface area contributed by atoms with Crippen molar-refractivity contribution >= 4 is 15.7 Å². The minimum Gasteiger partial charge on any atom is -0.491 e. The largest absolute Gasteiger partial charge is 0.491 e. The quantitative estimate of drug-likeness (QED) is 0.514. The Balaban J connectivity index is 2.27. The molecular formula is C10H12NO2P. The van der Waals surface area contributed by atoms with Gasteiger partial charge >= 0.3 is 0 Å². The number of carbonyl (C=O) groups is 1. The highest BCUT2D eigenvalue weighted by Gasteiger charge is 2.20. The van der Waals surface area contributed by atoms with Crippen LogP contribution in [-0.2, 0) is 11.3 Å². The molecule has 0 saturated carbocycles. The fraction of sp³-hybridized carbons (Fsp3) is 0.300. The van der Waals surface area contributed by atoms with Gasteiger partial charge in [-0.2, -0.15) is 0 Å². The lowest BCUT2D eigenvalue weighted by Gasteiger charge is -2.18. The first kappa shape index (κ1) is 9.63. The highest BCUT2D eigenvalue weighted by atomic mass is 31.0. The van der Waals surface area contributed by atoms with Crippen LogP contribution in [0.15, 0.2) is 24.3 Å². The number of fused-ring (bicyclic) bond motifs is 1. The first-order chi connectivity index (χ1) is 6.81.